The van der Waals surface area contributed by atoms with Crippen molar-refractivity contribution in [3.05, 3.63) is 56.7 Å². The summed E-state index contributed by atoms with van der Waals surface area (Å²) in [6.45, 7) is 1.41. The molecule has 0 spiro atoms. The molecule has 2 aromatic carbocycles. The van der Waals surface area contributed by atoms with E-state index in [0.717, 1.165) is 21.3 Å². The molecule has 0 bridgehead atoms. The number of carbonyl (C=O) groups is 1. The Morgan fingerprint density at radius 1 is 1.29 bits per heavy atom. The van der Waals surface area contributed by atoms with E-state index < -0.39 is 17.5 Å². The van der Waals surface area contributed by atoms with Crippen molar-refractivity contribution in [2.75, 3.05) is 18.5 Å². The molecule has 3 N–H and O–H groups in total. The number of hydrogen-bond acceptors (Lipinski definition) is 4. The van der Waals surface area contributed by atoms with Crippen LogP contribution < -0.4 is 10.8 Å². The second kappa shape index (κ2) is 8.36. The molecule has 128 valence electrons. The summed E-state index contributed by atoms with van der Waals surface area (Å²) in [4.78, 5) is 16.8. The van der Waals surface area contributed by atoms with Gasteiger partial charge in [0.15, 0.2) is 11.6 Å². The standard InChI is InChI=1S/C16H15F2IN2O3/c1-9-8-10(19)2-5-13(9)20-15-11(3-4-12(17)14(15)18)16(23)21-24-7-6-22/h2-5,8,20,22H,6-7H2,1H3,(H,21,23). The van der Waals surface area contributed by atoms with Gasteiger partial charge >= 0.3 is 0 Å². The summed E-state index contributed by atoms with van der Waals surface area (Å²) in [7, 11) is 0. The third kappa shape index (κ3) is 4.40. The fourth-order valence-corrected chi connectivity index (χ4v) is 2.63. The molecule has 0 heterocycles. The first kappa shape index (κ1) is 18.6. The average Bonchev–Trinajstić information content (AvgIpc) is 2.54. The fraction of sp³-hybridized carbons (Fsp3) is 0.188. The molecule has 0 aliphatic rings. The lowest BCUT2D eigenvalue weighted by Crippen LogP contribution is -2.26. The Bertz CT molecular complexity index is 756. The highest BCUT2D eigenvalue weighted by Gasteiger charge is 2.19. The monoisotopic (exact) mass is 448 g/mol. The van der Waals surface area contributed by atoms with Crippen LogP contribution in [0.5, 0.6) is 0 Å². The predicted octanol–water partition coefficient (Wildman–Crippen LogP) is 3.28. The Morgan fingerprint density at radius 2 is 2.04 bits per heavy atom. The summed E-state index contributed by atoms with van der Waals surface area (Å²) in [5, 5.41) is 11.4. The topological polar surface area (TPSA) is 70.6 Å². The van der Waals surface area contributed by atoms with E-state index in [0.29, 0.717) is 5.69 Å². The Morgan fingerprint density at radius 3 is 2.71 bits per heavy atom. The molecular formula is C16H15F2IN2O3. The van der Waals surface area contributed by atoms with Gasteiger partial charge in [-0.1, -0.05) is 0 Å². The van der Waals surface area contributed by atoms with Gasteiger partial charge in [0.2, 0.25) is 0 Å². The van der Waals surface area contributed by atoms with Crippen molar-refractivity contribution in [1.82, 2.24) is 5.48 Å². The van der Waals surface area contributed by atoms with Crippen LogP contribution in [0, 0.1) is 22.1 Å². The third-order valence-corrected chi connectivity index (χ3v) is 3.82. The maximum atomic E-state index is 14.2. The first-order valence-corrected chi connectivity index (χ1v) is 8.06. The number of halogens is 3. The Labute approximate surface area is 151 Å². The molecule has 0 atom stereocenters. The minimum atomic E-state index is -1.16. The SMILES string of the molecule is Cc1cc(I)ccc1Nc1c(C(=O)NOCCO)ccc(F)c1F. The van der Waals surface area contributed by atoms with Crippen LogP contribution in [0.25, 0.3) is 0 Å². The number of nitrogens with one attached hydrogen (secondary N) is 2. The number of amides is 1. The zero-order chi connectivity index (χ0) is 17.7. The van der Waals surface area contributed by atoms with Crippen molar-refractivity contribution in [2.45, 2.75) is 6.92 Å². The number of anilines is 2. The molecule has 1 amide bonds. The van der Waals surface area contributed by atoms with Gasteiger partial charge in [-0.2, -0.15) is 0 Å². The molecule has 5 nitrogen and oxygen atoms in total. The maximum Gasteiger partial charge on any atom is 0.277 e. The number of aliphatic hydroxyl groups excluding tert-OH is 1. The van der Waals surface area contributed by atoms with Gasteiger partial charge in [0.1, 0.15) is 0 Å². The zero-order valence-corrected chi connectivity index (χ0v) is 14.9. The van der Waals surface area contributed by atoms with Gasteiger partial charge in [-0.25, -0.2) is 14.3 Å². The summed E-state index contributed by atoms with van der Waals surface area (Å²) in [6.07, 6.45) is 0. The minimum Gasteiger partial charge on any atom is -0.394 e. The van der Waals surface area contributed by atoms with Crippen LogP contribution in [0.4, 0.5) is 20.2 Å². The maximum absolute atomic E-state index is 14.2. The molecule has 8 heteroatoms. The van der Waals surface area contributed by atoms with Crippen molar-refractivity contribution in [2.24, 2.45) is 0 Å². The van der Waals surface area contributed by atoms with Crippen LogP contribution in [-0.2, 0) is 4.84 Å². The summed E-state index contributed by atoms with van der Waals surface area (Å²) < 4.78 is 28.8. The third-order valence-electron chi connectivity index (χ3n) is 3.15. The number of hydrogen-bond donors (Lipinski definition) is 3. The van der Waals surface area contributed by atoms with E-state index in [-0.39, 0.29) is 24.5 Å². The van der Waals surface area contributed by atoms with Gasteiger partial charge in [-0.3, -0.25) is 9.63 Å². The van der Waals surface area contributed by atoms with Gasteiger partial charge in [-0.05, 0) is 65.4 Å². The Hall–Kier alpha value is -1.78. The highest BCUT2D eigenvalue weighted by atomic mass is 127. The molecule has 0 fully saturated rings. The summed E-state index contributed by atoms with van der Waals surface area (Å²) in [6, 6.07) is 7.40. The number of aryl methyl sites for hydroxylation is 1. The lowest BCUT2D eigenvalue weighted by atomic mass is 10.1. The minimum absolute atomic E-state index is 0.117. The van der Waals surface area contributed by atoms with E-state index >= 15 is 0 Å². The predicted molar refractivity (Wildman–Crippen MR) is 94.0 cm³/mol. The van der Waals surface area contributed by atoms with Crippen LogP contribution in [0.15, 0.2) is 30.3 Å². The zero-order valence-electron chi connectivity index (χ0n) is 12.7. The number of benzene rings is 2. The molecular weight excluding hydrogens is 433 g/mol. The van der Waals surface area contributed by atoms with Crippen LogP contribution >= 0.6 is 22.6 Å². The molecule has 0 unspecified atom stereocenters. The van der Waals surface area contributed by atoms with Crippen molar-refractivity contribution >= 4 is 39.9 Å². The van der Waals surface area contributed by atoms with E-state index in [2.05, 4.69) is 33.4 Å². The van der Waals surface area contributed by atoms with Crippen LogP contribution in [0.2, 0.25) is 0 Å². The van der Waals surface area contributed by atoms with Crippen LogP contribution in [-0.4, -0.2) is 24.2 Å². The van der Waals surface area contributed by atoms with Gasteiger partial charge < -0.3 is 10.4 Å². The smallest absolute Gasteiger partial charge is 0.277 e. The number of aliphatic hydroxyl groups is 1. The van der Waals surface area contributed by atoms with Crippen molar-refractivity contribution in [1.29, 1.82) is 0 Å². The van der Waals surface area contributed by atoms with E-state index in [1.807, 2.05) is 13.0 Å². The van der Waals surface area contributed by atoms with Crippen molar-refractivity contribution in [3.8, 4) is 0 Å². The molecule has 0 radical (unpaired) electrons. The number of carbonyl (C=O) groups excluding carboxylic acids is 1. The second-order valence-electron chi connectivity index (χ2n) is 4.87. The van der Waals surface area contributed by atoms with E-state index in [1.54, 1.807) is 12.1 Å². The normalized spacial score (nSPS) is 10.5. The van der Waals surface area contributed by atoms with Gasteiger partial charge in [-0.15, -0.1) is 0 Å². The van der Waals surface area contributed by atoms with E-state index in [4.69, 9.17) is 9.94 Å². The molecule has 24 heavy (non-hydrogen) atoms. The van der Waals surface area contributed by atoms with E-state index in [9.17, 15) is 13.6 Å². The highest BCUT2D eigenvalue weighted by molar-refractivity contribution is 14.1. The summed E-state index contributed by atoms with van der Waals surface area (Å²) >= 11 is 2.14. The lowest BCUT2D eigenvalue weighted by Gasteiger charge is -2.15. The van der Waals surface area contributed by atoms with E-state index in [1.165, 1.54) is 0 Å². The fourth-order valence-electron chi connectivity index (χ4n) is 1.98. The van der Waals surface area contributed by atoms with Crippen LogP contribution in [0.3, 0.4) is 0 Å². The molecule has 0 aliphatic carbocycles. The van der Waals surface area contributed by atoms with Gasteiger partial charge in [0, 0.05) is 9.26 Å². The lowest BCUT2D eigenvalue weighted by molar-refractivity contribution is 0.0168. The first-order chi connectivity index (χ1) is 11.4. The molecule has 2 aromatic rings. The summed E-state index contributed by atoms with van der Waals surface area (Å²) in [5.74, 6) is -3.00. The Balaban J connectivity index is 2.36. The second-order valence-corrected chi connectivity index (χ2v) is 6.12. The molecule has 0 aromatic heterocycles. The quantitative estimate of drug-likeness (QED) is 0.361. The van der Waals surface area contributed by atoms with Crippen molar-refractivity contribution < 1.29 is 23.5 Å². The largest absolute Gasteiger partial charge is 0.394 e. The molecule has 0 aliphatic heterocycles. The first-order valence-electron chi connectivity index (χ1n) is 6.98. The van der Waals surface area contributed by atoms with Crippen molar-refractivity contribution in [3.63, 3.8) is 0 Å². The molecule has 2 rings (SSSR count). The summed E-state index contributed by atoms with van der Waals surface area (Å²) in [5.41, 5.74) is 3.02. The Kier molecular flexibility index (Phi) is 6.46. The van der Waals surface area contributed by atoms with Gasteiger partial charge in [0.25, 0.3) is 5.91 Å². The number of rotatable bonds is 6. The average molecular weight is 448 g/mol. The molecule has 0 saturated heterocycles. The number of hydroxylamine groups is 1. The van der Waals surface area contributed by atoms with Gasteiger partial charge in [0.05, 0.1) is 24.5 Å². The highest BCUT2D eigenvalue weighted by Crippen LogP contribution is 2.28. The molecule has 0 saturated carbocycles. The van der Waals surface area contributed by atoms with Crippen LogP contribution in [0.1, 0.15) is 15.9 Å².